The molecular formula is C9H15N3O. The molecule has 13 heavy (non-hydrogen) atoms. The monoisotopic (exact) mass is 181 g/mol. The van der Waals surface area contributed by atoms with E-state index in [-0.39, 0.29) is 6.61 Å². The lowest BCUT2D eigenvalue weighted by atomic mass is 9.96. The van der Waals surface area contributed by atoms with Crippen molar-refractivity contribution in [3.05, 3.63) is 18.5 Å². The Morgan fingerprint density at radius 2 is 2.38 bits per heavy atom. The summed E-state index contributed by atoms with van der Waals surface area (Å²) in [5.74, 6) is 0.474. The highest BCUT2D eigenvalue weighted by Gasteiger charge is 2.42. The smallest absolute Gasteiger partial charge is 0.0632 e. The second-order valence-electron chi connectivity index (χ2n) is 3.87. The van der Waals surface area contributed by atoms with E-state index in [4.69, 9.17) is 5.73 Å². The first-order valence-corrected chi connectivity index (χ1v) is 4.62. The van der Waals surface area contributed by atoms with Crippen LogP contribution in [0.25, 0.3) is 0 Å². The maximum atomic E-state index is 9.23. The molecule has 0 bridgehead atoms. The number of hydrogen-bond donors (Lipinski definition) is 2. The first-order chi connectivity index (χ1) is 6.24. The Labute approximate surface area is 77.4 Å². The normalized spacial score (nSPS) is 21.4. The van der Waals surface area contributed by atoms with E-state index >= 15 is 0 Å². The minimum absolute atomic E-state index is 0.0392. The quantitative estimate of drug-likeness (QED) is 0.686. The van der Waals surface area contributed by atoms with Crippen LogP contribution in [0.4, 0.5) is 0 Å². The van der Waals surface area contributed by atoms with Crippen molar-refractivity contribution in [1.82, 2.24) is 9.78 Å². The summed E-state index contributed by atoms with van der Waals surface area (Å²) < 4.78 is 1.79. The summed E-state index contributed by atoms with van der Waals surface area (Å²) in [6, 6.07) is 1.87. The average Bonchev–Trinajstić information content (AvgIpc) is 2.88. The number of nitrogens with zero attached hydrogens (tertiary/aromatic N) is 2. The number of aliphatic hydroxyl groups is 1. The lowest BCUT2D eigenvalue weighted by Crippen LogP contribution is -2.49. The number of rotatable bonds is 4. The van der Waals surface area contributed by atoms with E-state index in [9.17, 15) is 5.11 Å². The fourth-order valence-corrected chi connectivity index (χ4v) is 1.66. The molecule has 0 radical (unpaired) electrons. The van der Waals surface area contributed by atoms with Crippen molar-refractivity contribution in [3.8, 4) is 0 Å². The van der Waals surface area contributed by atoms with Crippen molar-refractivity contribution in [3.63, 3.8) is 0 Å². The standard InChI is InChI=1S/C9H15N3O/c10-9(7-13,8-2-3-8)6-12-5-1-4-11-12/h1,4-5,8,13H,2-3,6-7,10H2. The minimum Gasteiger partial charge on any atom is -0.394 e. The molecule has 4 nitrogen and oxygen atoms in total. The zero-order valence-electron chi connectivity index (χ0n) is 7.56. The van der Waals surface area contributed by atoms with Crippen molar-refractivity contribution in [2.24, 2.45) is 11.7 Å². The van der Waals surface area contributed by atoms with Crippen molar-refractivity contribution in [1.29, 1.82) is 0 Å². The van der Waals surface area contributed by atoms with E-state index in [0.29, 0.717) is 12.5 Å². The van der Waals surface area contributed by atoms with E-state index < -0.39 is 5.54 Å². The summed E-state index contributed by atoms with van der Waals surface area (Å²) in [6.45, 7) is 0.651. The van der Waals surface area contributed by atoms with Crippen LogP contribution in [-0.2, 0) is 6.54 Å². The third kappa shape index (κ3) is 1.73. The van der Waals surface area contributed by atoms with Crippen LogP contribution in [0, 0.1) is 5.92 Å². The molecule has 1 aromatic rings. The molecule has 1 saturated carbocycles. The molecule has 0 spiro atoms. The zero-order chi connectivity index (χ0) is 9.31. The average molecular weight is 181 g/mol. The first kappa shape index (κ1) is 8.72. The molecule has 2 rings (SSSR count). The molecule has 1 unspecified atom stereocenters. The van der Waals surface area contributed by atoms with Gasteiger partial charge in [-0.25, -0.2) is 0 Å². The molecule has 0 saturated heterocycles. The van der Waals surface area contributed by atoms with Crippen molar-refractivity contribution < 1.29 is 5.11 Å². The van der Waals surface area contributed by atoms with Gasteiger partial charge in [0, 0.05) is 12.4 Å². The van der Waals surface area contributed by atoms with Gasteiger partial charge < -0.3 is 10.8 Å². The van der Waals surface area contributed by atoms with E-state index in [0.717, 1.165) is 12.8 Å². The summed E-state index contributed by atoms with van der Waals surface area (Å²) in [4.78, 5) is 0. The van der Waals surface area contributed by atoms with Crippen LogP contribution in [0.5, 0.6) is 0 Å². The second-order valence-corrected chi connectivity index (χ2v) is 3.87. The molecule has 0 amide bonds. The van der Waals surface area contributed by atoms with Crippen molar-refractivity contribution in [2.75, 3.05) is 6.61 Å². The molecule has 4 heteroatoms. The van der Waals surface area contributed by atoms with Crippen molar-refractivity contribution >= 4 is 0 Å². The van der Waals surface area contributed by atoms with E-state index in [2.05, 4.69) is 5.10 Å². The van der Waals surface area contributed by atoms with Gasteiger partial charge in [-0.05, 0) is 24.8 Å². The number of aromatic nitrogens is 2. The molecule has 0 aromatic carbocycles. The van der Waals surface area contributed by atoms with Gasteiger partial charge in [0.25, 0.3) is 0 Å². The number of aliphatic hydroxyl groups excluding tert-OH is 1. The van der Waals surface area contributed by atoms with Gasteiger partial charge in [-0.1, -0.05) is 0 Å². The number of hydrogen-bond acceptors (Lipinski definition) is 3. The first-order valence-electron chi connectivity index (χ1n) is 4.62. The van der Waals surface area contributed by atoms with Gasteiger partial charge >= 0.3 is 0 Å². The summed E-state index contributed by atoms with van der Waals surface area (Å²) in [5.41, 5.74) is 5.62. The predicted octanol–water partition coefficient (Wildman–Crippen LogP) is -0.0171. The van der Waals surface area contributed by atoms with E-state index in [1.54, 1.807) is 10.9 Å². The van der Waals surface area contributed by atoms with Crippen LogP contribution in [-0.4, -0.2) is 27.0 Å². The molecular weight excluding hydrogens is 166 g/mol. The third-order valence-corrected chi connectivity index (χ3v) is 2.70. The van der Waals surface area contributed by atoms with E-state index in [1.165, 1.54) is 0 Å². The summed E-state index contributed by atoms with van der Waals surface area (Å²) >= 11 is 0. The number of nitrogens with two attached hydrogens (primary N) is 1. The molecule has 1 heterocycles. The Kier molecular flexibility index (Phi) is 2.09. The van der Waals surface area contributed by atoms with Crippen LogP contribution < -0.4 is 5.73 Å². The van der Waals surface area contributed by atoms with Crippen LogP contribution >= 0.6 is 0 Å². The Morgan fingerprint density at radius 3 is 2.85 bits per heavy atom. The Bertz CT molecular complexity index is 268. The highest BCUT2D eigenvalue weighted by molar-refractivity contribution is 4.98. The fraction of sp³-hybridized carbons (Fsp3) is 0.667. The second kappa shape index (κ2) is 3.12. The van der Waals surface area contributed by atoms with E-state index in [1.807, 2.05) is 12.3 Å². The molecule has 0 aliphatic heterocycles. The molecule has 1 atom stereocenters. The molecule has 3 N–H and O–H groups in total. The predicted molar refractivity (Wildman–Crippen MR) is 49.0 cm³/mol. The summed E-state index contributed by atoms with van der Waals surface area (Å²) in [7, 11) is 0. The van der Waals surface area contributed by atoms with Crippen LogP contribution in [0.15, 0.2) is 18.5 Å². The van der Waals surface area contributed by atoms with Crippen LogP contribution in [0.1, 0.15) is 12.8 Å². The fourth-order valence-electron chi connectivity index (χ4n) is 1.66. The molecule has 1 aliphatic carbocycles. The maximum Gasteiger partial charge on any atom is 0.0632 e. The third-order valence-electron chi connectivity index (χ3n) is 2.70. The molecule has 1 fully saturated rings. The molecule has 1 aromatic heterocycles. The van der Waals surface area contributed by atoms with Gasteiger partial charge in [-0.15, -0.1) is 0 Å². The maximum absolute atomic E-state index is 9.23. The van der Waals surface area contributed by atoms with Crippen molar-refractivity contribution in [2.45, 2.75) is 24.9 Å². The molecule has 1 aliphatic rings. The Hall–Kier alpha value is -0.870. The van der Waals surface area contributed by atoms with Gasteiger partial charge in [0.15, 0.2) is 0 Å². The van der Waals surface area contributed by atoms with Crippen LogP contribution in [0.3, 0.4) is 0 Å². The lowest BCUT2D eigenvalue weighted by molar-refractivity contribution is 0.155. The summed E-state index contributed by atoms with van der Waals surface area (Å²) in [5, 5.41) is 13.3. The van der Waals surface area contributed by atoms with Crippen LogP contribution in [0.2, 0.25) is 0 Å². The highest BCUT2D eigenvalue weighted by atomic mass is 16.3. The van der Waals surface area contributed by atoms with Gasteiger partial charge in [-0.3, -0.25) is 4.68 Å². The molecule has 72 valence electrons. The highest BCUT2D eigenvalue weighted by Crippen LogP contribution is 2.38. The summed E-state index contributed by atoms with van der Waals surface area (Å²) in [6.07, 6.45) is 5.88. The minimum atomic E-state index is -0.466. The largest absolute Gasteiger partial charge is 0.394 e. The Balaban J connectivity index is 2.05. The SMILES string of the molecule is NC(CO)(Cn1cccn1)C1CC1. The van der Waals surface area contributed by atoms with Gasteiger partial charge in [0.2, 0.25) is 0 Å². The van der Waals surface area contributed by atoms with Gasteiger partial charge in [0.05, 0.1) is 18.7 Å². The topological polar surface area (TPSA) is 64.1 Å². The van der Waals surface area contributed by atoms with Gasteiger partial charge in [0.1, 0.15) is 0 Å². The Morgan fingerprint density at radius 1 is 1.62 bits per heavy atom. The van der Waals surface area contributed by atoms with Gasteiger partial charge in [-0.2, -0.15) is 5.10 Å². The lowest BCUT2D eigenvalue weighted by Gasteiger charge is -2.26. The zero-order valence-corrected chi connectivity index (χ0v) is 7.56.